The van der Waals surface area contributed by atoms with Gasteiger partial charge in [0.25, 0.3) is 0 Å². The van der Waals surface area contributed by atoms with Crippen LogP contribution >= 0.6 is 15.9 Å². The van der Waals surface area contributed by atoms with Crippen molar-refractivity contribution in [3.05, 3.63) is 33.3 Å². The Balaban J connectivity index is 2.94. The van der Waals surface area contributed by atoms with Crippen molar-refractivity contribution in [2.24, 2.45) is 5.73 Å². The van der Waals surface area contributed by atoms with Crippen LogP contribution in [0.2, 0.25) is 0 Å². The lowest BCUT2D eigenvalue weighted by Gasteiger charge is -2.13. The van der Waals surface area contributed by atoms with E-state index in [0.29, 0.717) is 0 Å². The number of hydrogen-bond acceptors (Lipinski definition) is 2. The molecule has 1 unspecified atom stereocenters. The van der Waals surface area contributed by atoms with Crippen LogP contribution in [0.25, 0.3) is 0 Å². The quantitative estimate of drug-likeness (QED) is 0.870. The minimum atomic E-state index is -0.164. The minimum Gasteiger partial charge on any atom is -0.395 e. The Labute approximate surface area is 93.3 Å². The van der Waals surface area contributed by atoms with Gasteiger partial charge in [0.15, 0.2) is 0 Å². The summed E-state index contributed by atoms with van der Waals surface area (Å²) in [7, 11) is 0. The van der Waals surface area contributed by atoms with Gasteiger partial charge in [0.2, 0.25) is 0 Å². The third-order valence-electron chi connectivity index (χ3n) is 2.41. The van der Waals surface area contributed by atoms with Gasteiger partial charge < -0.3 is 10.8 Å². The Hall–Kier alpha value is -0.380. The van der Waals surface area contributed by atoms with Gasteiger partial charge in [0, 0.05) is 10.5 Å². The first-order valence-corrected chi connectivity index (χ1v) is 5.46. The van der Waals surface area contributed by atoms with E-state index in [1.807, 2.05) is 0 Å². The SMILES string of the molecule is Cc1ccc(CC(N)CO)c(C)c1Br. The molecular weight excluding hydrogens is 242 g/mol. The molecule has 0 radical (unpaired) electrons. The van der Waals surface area contributed by atoms with E-state index in [2.05, 4.69) is 41.9 Å². The van der Waals surface area contributed by atoms with Crippen molar-refractivity contribution in [2.75, 3.05) is 6.61 Å². The molecule has 0 aliphatic heterocycles. The monoisotopic (exact) mass is 257 g/mol. The van der Waals surface area contributed by atoms with E-state index in [9.17, 15) is 0 Å². The third kappa shape index (κ3) is 2.56. The number of aliphatic hydroxyl groups excluding tert-OH is 1. The smallest absolute Gasteiger partial charge is 0.0585 e. The lowest BCUT2D eigenvalue weighted by atomic mass is 10.00. The molecule has 0 bridgehead atoms. The number of nitrogens with two attached hydrogens (primary N) is 1. The average Bonchev–Trinajstić information content (AvgIpc) is 2.19. The fraction of sp³-hybridized carbons (Fsp3) is 0.455. The molecule has 2 nitrogen and oxygen atoms in total. The highest BCUT2D eigenvalue weighted by Gasteiger charge is 2.08. The summed E-state index contributed by atoms with van der Waals surface area (Å²) in [5.74, 6) is 0. The number of hydrogen-bond donors (Lipinski definition) is 2. The second-order valence-corrected chi connectivity index (χ2v) is 4.42. The lowest BCUT2D eigenvalue weighted by molar-refractivity contribution is 0.265. The molecule has 1 atom stereocenters. The van der Waals surface area contributed by atoms with E-state index >= 15 is 0 Å². The average molecular weight is 258 g/mol. The maximum absolute atomic E-state index is 8.87. The molecule has 1 aromatic rings. The van der Waals surface area contributed by atoms with Crippen LogP contribution in [0.3, 0.4) is 0 Å². The van der Waals surface area contributed by atoms with Crippen LogP contribution in [0.1, 0.15) is 16.7 Å². The summed E-state index contributed by atoms with van der Waals surface area (Å²) >= 11 is 3.54. The van der Waals surface area contributed by atoms with E-state index in [1.165, 1.54) is 16.7 Å². The molecule has 0 aromatic heterocycles. The molecule has 0 heterocycles. The number of halogens is 1. The molecule has 0 spiro atoms. The number of aryl methyl sites for hydroxylation is 1. The number of aliphatic hydroxyl groups is 1. The summed E-state index contributed by atoms with van der Waals surface area (Å²) in [6.45, 7) is 4.16. The van der Waals surface area contributed by atoms with Crippen molar-refractivity contribution >= 4 is 15.9 Å². The number of benzene rings is 1. The van der Waals surface area contributed by atoms with E-state index < -0.39 is 0 Å². The van der Waals surface area contributed by atoms with Crippen molar-refractivity contribution in [1.82, 2.24) is 0 Å². The van der Waals surface area contributed by atoms with Gasteiger partial charge in [-0.25, -0.2) is 0 Å². The predicted octanol–water partition coefficient (Wildman–Crippen LogP) is 1.93. The Morgan fingerprint density at radius 1 is 1.43 bits per heavy atom. The Morgan fingerprint density at radius 3 is 2.64 bits per heavy atom. The van der Waals surface area contributed by atoms with Gasteiger partial charge in [-0.2, -0.15) is 0 Å². The normalized spacial score (nSPS) is 12.9. The predicted molar refractivity (Wildman–Crippen MR) is 62.4 cm³/mol. The highest BCUT2D eigenvalue weighted by Crippen LogP contribution is 2.24. The maximum Gasteiger partial charge on any atom is 0.0585 e. The zero-order valence-electron chi connectivity index (χ0n) is 8.55. The van der Waals surface area contributed by atoms with Crippen molar-refractivity contribution in [1.29, 1.82) is 0 Å². The fourth-order valence-corrected chi connectivity index (χ4v) is 1.82. The van der Waals surface area contributed by atoms with Gasteiger partial charge in [-0.05, 0) is 37.0 Å². The van der Waals surface area contributed by atoms with Crippen LogP contribution in [0.15, 0.2) is 16.6 Å². The van der Waals surface area contributed by atoms with Gasteiger partial charge in [-0.1, -0.05) is 28.1 Å². The summed E-state index contributed by atoms with van der Waals surface area (Å²) in [6, 6.07) is 3.98. The first-order valence-electron chi connectivity index (χ1n) is 4.67. The van der Waals surface area contributed by atoms with E-state index in [-0.39, 0.29) is 12.6 Å². The van der Waals surface area contributed by atoms with E-state index in [0.717, 1.165) is 10.9 Å². The van der Waals surface area contributed by atoms with Crippen molar-refractivity contribution in [3.8, 4) is 0 Å². The highest BCUT2D eigenvalue weighted by atomic mass is 79.9. The summed E-state index contributed by atoms with van der Waals surface area (Å²) in [5, 5.41) is 8.87. The molecule has 1 aromatic carbocycles. The molecule has 0 fully saturated rings. The molecule has 14 heavy (non-hydrogen) atoms. The van der Waals surface area contributed by atoms with Crippen molar-refractivity contribution < 1.29 is 5.11 Å². The second-order valence-electron chi connectivity index (χ2n) is 3.63. The molecule has 78 valence electrons. The van der Waals surface area contributed by atoms with Crippen molar-refractivity contribution in [2.45, 2.75) is 26.3 Å². The fourth-order valence-electron chi connectivity index (χ4n) is 1.43. The second kappa shape index (κ2) is 4.91. The molecule has 0 saturated heterocycles. The van der Waals surface area contributed by atoms with Crippen LogP contribution in [0.5, 0.6) is 0 Å². The Kier molecular flexibility index (Phi) is 4.11. The van der Waals surface area contributed by atoms with Gasteiger partial charge in [0.05, 0.1) is 6.61 Å². The van der Waals surface area contributed by atoms with E-state index in [1.54, 1.807) is 0 Å². The molecule has 0 saturated carbocycles. The van der Waals surface area contributed by atoms with Crippen LogP contribution in [0.4, 0.5) is 0 Å². The molecule has 3 N–H and O–H groups in total. The first-order chi connectivity index (χ1) is 6.56. The minimum absolute atomic E-state index is 0.0327. The number of rotatable bonds is 3. The Morgan fingerprint density at radius 2 is 2.07 bits per heavy atom. The standard InChI is InChI=1S/C11H16BrNO/c1-7-3-4-9(5-10(13)6-14)8(2)11(7)12/h3-4,10,14H,5-6,13H2,1-2H3. The van der Waals surface area contributed by atoms with Crippen molar-refractivity contribution in [3.63, 3.8) is 0 Å². The van der Waals surface area contributed by atoms with Gasteiger partial charge >= 0.3 is 0 Å². The van der Waals surface area contributed by atoms with Gasteiger partial charge in [-0.3, -0.25) is 0 Å². The van der Waals surface area contributed by atoms with Gasteiger partial charge in [0.1, 0.15) is 0 Å². The van der Waals surface area contributed by atoms with E-state index in [4.69, 9.17) is 10.8 Å². The first kappa shape index (κ1) is 11.7. The summed E-state index contributed by atoms with van der Waals surface area (Å²) in [4.78, 5) is 0. The summed E-state index contributed by atoms with van der Waals surface area (Å²) in [6.07, 6.45) is 0.723. The molecule has 0 aliphatic carbocycles. The van der Waals surface area contributed by atoms with Crippen LogP contribution in [0, 0.1) is 13.8 Å². The Bertz CT molecular complexity index is 325. The van der Waals surface area contributed by atoms with Crippen LogP contribution in [-0.4, -0.2) is 17.8 Å². The van der Waals surface area contributed by atoms with Crippen LogP contribution < -0.4 is 5.73 Å². The molecule has 3 heteroatoms. The topological polar surface area (TPSA) is 46.2 Å². The molecule has 0 aliphatic rings. The molecule has 1 rings (SSSR count). The van der Waals surface area contributed by atoms with Gasteiger partial charge in [-0.15, -0.1) is 0 Å². The maximum atomic E-state index is 8.87. The highest BCUT2D eigenvalue weighted by molar-refractivity contribution is 9.10. The lowest BCUT2D eigenvalue weighted by Crippen LogP contribution is -2.27. The third-order valence-corrected chi connectivity index (χ3v) is 3.63. The molecule has 0 amide bonds. The van der Waals surface area contributed by atoms with Crippen LogP contribution in [-0.2, 0) is 6.42 Å². The summed E-state index contributed by atoms with van der Waals surface area (Å²) < 4.78 is 1.14. The molecular formula is C11H16BrNO. The zero-order valence-corrected chi connectivity index (χ0v) is 10.1. The summed E-state index contributed by atoms with van der Waals surface area (Å²) in [5.41, 5.74) is 9.34. The zero-order chi connectivity index (χ0) is 10.7. The largest absolute Gasteiger partial charge is 0.395 e.